The molecule has 1 aromatic carbocycles. The van der Waals surface area contributed by atoms with Gasteiger partial charge in [0, 0.05) is 18.7 Å². The first-order chi connectivity index (χ1) is 11.2. The van der Waals surface area contributed by atoms with E-state index >= 15 is 0 Å². The fourth-order valence-electron chi connectivity index (χ4n) is 3.29. The molecule has 1 atom stereocenters. The Bertz CT molecular complexity index is 599. The Labute approximate surface area is 136 Å². The molecule has 23 heavy (non-hydrogen) atoms. The molecule has 2 aliphatic heterocycles. The van der Waals surface area contributed by atoms with E-state index in [9.17, 15) is 9.59 Å². The Morgan fingerprint density at radius 2 is 2.22 bits per heavy atom. The van der Waals surface area contributed by atoms with Gasteiger partial charge in [0.15, 0.2) is 0 Å². The van der Waals surface area contributed by atoms with Crippen LogP contribution in [0.5, 0.6) is 5.75 Å². The van der Waals surface area contributed by atoms with Crippen LogP contribution >= 0.6 is 0 Å². The SMILES string of the molecule is CCOC(=O)C1CCCN(C(=O)c2ccc3c(c2)CCCO3)C1. The predicted octanol–water partition coefficient (Wildman–Crippen LogP) is 2.43. The average Bonchev–Trinajstić information content (AvgIpc) is 2.61. The number of ether oxygens (including phenoxy) is 2. The molecule has 3 rings (SSSR count). The molecule has 0 N–H and O–H groups in total. The monoisotopic (exact) mass is 317 g/mol. The minimum Gasteiger partial charge on any atom is -0.493 e. The Balaban J connectivity index is 1.71. The highest BCUT2D eigenvalue weighted by molar-refractivity contribution is 5.95. The number of likely N-dealkylation sites (tertiary alicyclic amines) is 1. The number of hydrogen-bond donors (Lipinski definition) is 0. The molecule has 0 aromatic heterocycles. The summed E-state index contributed by atoms with van der Waals surface area (Å²) in [6.07, 6.45) is 3.56. The van der Waals surface area contributed by atoms with Gasteiger partial charge in [0.2, 0.25) is 0 Å². The largest absolute Gasteiger partial charge is 0.493 e. The third kappa shape index (κ3) is 3.49. The maximum absolute atomic E-state index is 12.7. The molecule has 5 nitrogen and oxygen atoms in total. The zero-order chi connectivity index (χ0) is 16.2. The zero-order valence-corrected chi connectivity index (χ0v) is 13.5. The lowest BCUT2D eigenvalue weighted by molar-refractivity contribution is -0.149. The number of aryl methyl sites for hydroxylation is 1. The van der Waals surface area contributed by atoms with E-state index in [2.05, 4.69) is 0 Å². The lowest BCUT2D eigenvalue weighted by Gasteiger charge is -2.31. The van der Waals surface area contributed by atoms with Gasteiger partial charge in [-0.25, -0.2) is 0 Å². The van der Waals surface area contributed by atoms with Crippen LogP contribution in [0, 0.1) is 5.92 Å². The Hall–Kier alpha value is -2.04. The summed E-state index contributed by atoms with van der Waals surface area (Å²) in [6, 6.07) is 5.64. The first-order valence-corrected chi connectivity index (χ1v) is 8.40. The van der Waals surface area contributed by atoms with E-state index < -0.39 is 0 Å². The van der Waals surface area contributed by atoms with Gasteiger partial charge in [-0.3, -0.25) is 9.59 Å². The van der Waals surface area contributed by atoms with E-state index in [-0.39, 0.29) is 17.8 Å². The van der Waals surface area contributed by atoms with Crippen molar-refractivity contribution in [2.45, 2.75) is 32.6 Å². The fraction of sp³-hybridized carbons (Fsp3) is 0.556. The van der Waals surface area contributed by atoms with Gasteiger partial charge in [-0.05, 0) is 56.4 Å². The van der Waals surface area contributed by atoms with Gasteiger partial charge in [-0.2, -0.15) is 0 Å². The summed E-state index contributed by atoms with van der Waals surface area (Å²) >= 11 is 0. The molecule has 1 saturated heterocycles. The topological polar surface area (TPSA) is 55.8 Å². The fourth-order valence-corrected chi connectivity index (χ4v) is 3.29. The van der Waals surface area contributed by atoms with Crippen molar-refractivity contribution in [2.24, 2.45) is 5.92 Å². The van der Waals surface area contributed by atoms with E-state index in [0.29, 0.717) is 25.3 Å². The van der Waals surface area contributed by atoms with Gasteiger partial charge >= 0.3 is 5.97 Å². The third-order valence-corrected chi connectivity index (χ3v) is 4.48. The second-order valence-electron chi connectivity index (χ2n) is 6.12. The molecule has 0 spiro atoms. The number of rotatable bonds is 3. The molecule has 2 aliphatic rings. The van der Waals surface area contributed by atoms with Gasteiger partial charge in [0.1, 0.15) is 5.75 Å². The van der Waals surface area contributed by atoms with E-state index in [1.54, 1.807) is 11.8 Å². The normalized spacial score (nSPS) is 20.4. The van der Waals surface area contributed by atoms with E-state index in [0.717, 1.165) is 43.6 Å². The highest BCUT2D eigenvalue weighted by Gasteiger charge is 2.30. The number of carbonyl (C=O) groups is 2. The lowest BCUT2D eigenvalue weighted by atomic mass is 9.97. The summed E-state index contributed by atoms with van der Waals surface area (Å²) in [5.41, 5.74) is 1.78. The van der Waals surface area contributed by atoms with Crippen molar-refractivity contribution in [3.05, 3.63) is 29.3 Å². The zero-order valence-electron chi connectivity index (χ0n) is 13.5. The molecule has 1 unspecified atom stereocenters. The summed E-state index contributed by atoms with van der Waals surface area (Å²) < 4.78 is 10.7. The lowest BCUT2D eigenvalue weighted by Crippen LogP contribution is -2.42. The number of amides is 1. The van der Waals surface area contributed by atoms with Gasteiger partial charge in [0.25, 0.3) is 5.91 Å². The number of nitrogens with zero attached hydrogens (tertiary/aromatic N) is 1. The molecule has 5 heteroatoms. The molecule has 0 aliphatic carbocycles. The van der Waals surface area contributed by atoms with Crippen molar-refractivity contribution < 1.29 is 19.1 Å². The van der Waals surface area contributed by atoms with Crippen LogP contribution in [0.2, 0.25) is 0 Å². The quantitative estimate of drug-likeness (QED) is 0.804. The number of hydrogen-bond acceptors (Lipinski definition) is 4. The Kier molecular flexibility index (Phi) is 4.84. The van der Waals surface area contributed by atoms with E-state index in [1.807, 2.05) is 18.2 Å². The second-order valence-corrected chi connectivity index (χ2v) is 6.12. The smallest absolute Gasteiger partial charge is 0.310 e. The summed E-state index contributed by atoms with van der Waals surface area (Å²) in [5.74, 6) is 0.487. The first kappa shape index (κ1) is 15.8. The van der Waals surface area contributed by atoms with Crippen molar-refractivity contribution in [2.75, 3.05) is 26.3 Å². The second kappa shape index (κ2) is 7.02. The van der Waals surface area contributed by atoms with Crippen LogP contribution in [0.25, 0.3) is 0 Å². The number of benzene rings is 1. The molecule has 0 radical (unpaired) electrons. The number of esters is 1. The van der Waals surface area contributed by atoms with Crippen molar-refractivity contribution in [3.8, 4) is 5.75 Å². The standard InChI is InChI=1S/C18H23NO4/c1-2-22-18(21)15-5-3-9-19(12-15)17(20)14-7-8-16-13(11-14)6-4-10-23-16/h7-8,11,15H,2-6,9-10,12H2,1H3. The van der Waals surface area contributed by atoms with Crippen LogP contribution in [0.4, 0.5) is 0 Å². The number of carbonyl (C=O) groups excluding carboxylic acids is 2. The van der Waals surface area contributed by atoms with Crippen LogP contribution in [-0.4, -0.2) is 43.1 Å². The van der Waals surface area contributed by atoms with Crippen LogP contribution in [0.15, 0.2) is 18.2 Å². The van der Waals surface area contributed by atoms with Crippen LogP contribution < -0.4 is 4.74 Å². The van der Waals surface area contributed by atoms with Crippen molar-refractivity contribution in [1.29, 1.82) is 0 Å². The summed E-state index contributed by atoms with van der Waals surface area (Å²) in [4.78, 5) is 26.4. The molecule has 1 amide bonds. The first-order valence-electron chi connectivity index (χ1n) is 8.40. The molecule has 0 saturated carbocycles. The van der Waals surface area contributed by atoms with Crippen LogP contribution in [0.1, 0.15) is 42.1 Å². The van der Waals surface area contributed by atoms with Crippen molar-refractivity contribution in [3.63, 3.8) is 0 Å². The highest BCUT2D eigenvalue weighted by Crippen LogP contribution is 2.27. The van der Waals surface area contributed by atoms with Gasteiger partial charge in [-0.1, -0.05) is 0 Å². The molecular formula is C18H23NO4. The maximum atomic E-state index is 12.7. The van der Waals surface area contributed by atoms with Gasteiger partial charge < -0.3 is 14.4 Å². The number of fused-ring (bicyclic) bond motifs is 1. The van der Waals surface area contributed by atoms with E-state index in [4.69, 9.17) is 9.47 Å². The molecule has 124 valence electrons. The number of piperidine rings is 1. The van der Waals surface area contributed by atoms with Crippen molar-refractivity contribution >= 4 is 11.9 Å². The minimum absolute atomic E-state index is 0.00706. The van der Waals surface area contributed by atoms with Gasteiger partial charge in [0.05, 0.1) is 19.1 Å². The third-order valence-electron chi connectivity index (χ3n) is 4.48. The van der Waals surface area contributed by atoms with E-state index in [1.165, 1.54) is 0 Å². The minimum atomic E-state index is -0.200. The Morgan fingerprint density at radius 3 is 3.04 bits per heavy atom. The Morgan fingerprint density at radius 1 is 1.35 bits per heavy atom. The average molecular weight is 317 g/mol. The van der Waals surface area contributed by atoms with Crippen molar-refractivity contribution in [1.82, 2.24) is 4.90 Å². The molecule has 0 bridgehead atoms. The summed E-state index contributed by atoms with van der Waals surface area (Å²) in [6.45, 7) is 4.08. The van der Waals surface area contributed by atoms with Crippen LogP contribution in [0.3, 0.4) is 0 Å². The van der Waals surface area contributed by atoms with Crippen LogP contribution in [-0.2, 0) is 16.0 Å². The molecular weight excluding hydrogens is 294 g/mol. The molecule has 1 aromatic rings. The summed E-state index contributed by atoms with van der Waals surface area (Å²) in [5, 5.41) is 0. The predicted molar refractivity (Wildman–Crippen MR) is 85.5 cm³/mol. The molecule has 1 fully saturated rings. The maximum Gasteiger partial charge on any atom is 0.310 e. The molecule has 2 heterocycles. The van der Waals surface area contributed by atoms with Gasteiger partial charge in [-0.15, -0.1) is 0 Å². The highest BCUT2D eigenvalue weighted by atomic mass is 16.5. The summed E-state index contributed by atoms with van der Waals surface area (Å²) in [7, 11) is 0.